The van der Waals surface area contributed by atoms with E-state index < -0.39 is 0 Å². The molecule has 0 aromatic rings. The van der Waals surface area contributed by atoms with E-state index in [1.807, 2.05) is 0 Å². The topological polar surface area (TPSA) is 67.9 Å². The van der Waals surface area contributed by atoms with E-state index in [1.54, 1.807) is 25.6 Å². The van der Waals surface area contributed by atoms with Crippen LogP contribution >= 0.6 is 0 Å². The maximum Gasteiger partial charge on any atom is 0.311 e. The number of carbonyl (C=O) groups excluding carboxylic acids is 1. The van der Waals surface area contributed by atoms with Gasteiger partial charge in [-0.1, -0.05) is 0 Å². The second-order valence-electron chi connectivity index (χ2n) is 3.07. The molecule has 2 rings (SSSR count). The van der Waals surface area contributed by atoms with E-state index >= 15 is 0 Å². The summed E-state index contributed by atoms with van der Waals surface area (Å²) in [6.07, 6.45) is 5.13. The highest BCUT2D eigenvalue weighted by atomic mass is 16.5. The molecule has 0 unspecified atom stereocenters. The standard InChI is InChI=1S/C10H11N3O2/c1-2-15-10(14)3-8-7-4-11-5-9(7)13-6-12-8/h4-6H,2-3H2,1H3,(H,12,13). The molecule has 0 aromatic heterocycles. The zero-order chi connectivity index (χ0) is 10.7. The molecule has 0 aliphatic carbocycles. The van der Waals surface area contributed by atoms with Crippen LogP contribution in [0.4, 0.5) is 0 Å². The molecule has 0 fully saturated rings. The first-order valence-electron chi connectivity index (χ1n) is 4.73. The third-order valence-electron chi connectivity index (χ3n) is 2.07. The minimum Gasteiger partial charge on any atom is -0.466 e. The van der Waals surface area contributed by atoms with Crippen molar-refractivity contribution in [2.75, 3.05) is 6.61 Å². The van der Waals surface area contributed by atoms with Crippen LogP contribution in [0, 0.1) is 0 Å². The SMILES string of the molecule is CCOC(=O)Cc1nc[nH]c2cncc1-2. The van der Waals surface area contributed by atoms with Crippen LogP contribution in [0.5, 0.6) is 0 Å². The van der Waals surface area contributed by atoms with Crippen LogP contribution in [0.1, 0.15) is 12.6 Å². The molecule has 0 spiro atoms. The van der Waals surface area contributed by atoms with Gasteiger partial charge in [-0.05, 0) is 6.92 Å². The molecule has 15 heavy (non-hydrogen) atoms. The lowest BCUT2D eigenvalue weighted by Crippen LogP contribution is -2.10. The number of H-pyrrole nitrogens is 1. The van der Waals surface area contributed by atoms with Gasteiger partial charge in [0.25, 0.3) is 0 Å². The molecule has 0 amide bonds. The Labute approximate surface area is 86.9 Å². The van der Waals surface area contributed by atoms with E-state index in [9.17, 15) is 4.79 Å². The molecular formula is C10H11N3O2. The molecule has 0 atom stereocenters. The smallest absolute Gasteiger partial charge is 0.311 e. The largest absolute Gasteiger partial charge is 0.466 e. The Balaban J connectivity index is 2.22. The number of nitrogens with zero attached hydrogens (tertiary/aromatic N) is 2. The van der Waals surface area contributed by atoms with Crippen LogP contribution in [-0.4, -0.2) is 27.5 Å². The van der Waals surface area contributed by atoms with Gasteiger partial charge in [-0.2, -0.15) is 0 Å². The van der Waals surface area contributed by atoms with Crippen molar-refractivity contribution in [2.45, 2.75) is 13.3 Å². The normalized spacial score (nSPS) is 10.5. The average molecular weight is 205 g/mol. The zero-order valence-corrected chi connectivity index (χ0v) is 8.36. The maximum absolute atomic E-state index is 11.3. The van der Waals surface area contributed by atoms with Crippen LogP contribution in [0.3, 0.4) is 0 Å². The van der Waals surface area contributed by atoms with Crippen molar-refractivity contribution in [3.8, 4) is 11.3 Å². The molecule has 2 heterocycles. The summed E-state index contributed by atoms with van der Waals surface area (Å²) in [7, 11) is 0. The van der Waals surface area contributed by atoms with Crippen molar-refractivity contribution in [2.24, 2.45) is 0 Å². The molecule has 0 saturated carbocycles. The number of aromatic nitrogens is 3. The maximum atomic E-state index is 11.3. The second kappa shape index (κ2) is 4.08. The first-order chi connectivity index (χ1) is 7.31. The van der Waals surface area contributed by atoms with Gasteiger partial charge in [0, 0.05) is 11.8 Å². The lowest BCUT2D eigenvalue weighted by atomic mass is 10.1. The Morgan fingerprint density at radius 1 is 1.53 bits per heavy atom. The van der Waals surface area contributed by atoms with Gasteiger partial charge in [0.1, 0.15) is 0 Å². The number of ether oxygens (including phenoxy) is 1. The summed E-state index contributed by atoms with van der Waals surface area (Å²) in [5.41, 5.74) is 2.44. The number of rotatable bonds is 3. The highest BCUT2D eigenvalue weighted by Crippen LogP contribution is 2.21. The van der Waals surface area contributed by atoms with Gasteiger partial charge in [-0.15, -0.1) is 0 Å². The van der Waals surface area contributed by atoms with Gasteiger partial charge in [0.05, 0.1) is 36.9 Å². The molecule has 0 radical (unpaired) electrons. The number of esters is 1. The fourth-order valence-corrected chi connectivity index (χ4v) is 1.41. The Kier molecular flexibility index (Phi) is 2.62. The number of carbonyl (C=O) groups is 1. The predicted octanol–water partition coefficient (Wildman–Crippen LogP) is 1.02. The molecule has 5 heteroatoms. The van der Waals surface area contributed by atoms with Crippen LogP contribution in [0.15, 0.2) is 18.7 Å². The van der Waals surface area contributed by atoms with Gasteiger partial charge in [0.2, 0.25) is 0 Å². The van der Waals surface area contributed by atoms with Gasteiger partial charge in [0.15, 0.2) is 0 Å². The van der Waals surface area contributed by atoms with Crippen molar-refractivity contribution >= 4 is 5.97 Å². The van der Waals surface area contributed by atoms with E-state index in [-0.39, 0.29) is 12.4 Å². The average Bonchev–Trinajstić information content (AvgIpc) is 2.67. The zero-order valence-electron chi connectivity index (χ0n) is 8.36. The molecule has 2 aliphatic heterocycles. The van der Waals surface area contributed by atoms with Crippen molar-refractivity contribution in [1.29, 1.82) is 0 Å². The fourth-order valence-electron chi connectivity index (χ4n) is 1.41. The molecular weight excluding hydrogens is 194 g/mol. The Hall–Kier alpha value is -1.91. The van der Waals surface area contributed by atoms with Crippen LogP contribution in [-0.2, 0) is 16.0 Å². The fraction of sp³-hybridized carbons (Fsp3) is 0.300. The summed E-state index contributed by atoms with van der Waals surface area (Å²) in [5, 5.41) is 0. The first kappa shape index (κ1) is 9.64. The third kappa shape index (κ3) is 1.96. The number of hydrogen-bond donors (Lipinski definition) is 1. The molecule has 0 bridgehead atoms. The second-order valence-corrected chi connectivity index (χ2v) is 3.07. The van der Waals surface area contributed by atoms with E-state index in [2.05, 4.69) is 15.0 Å². The van der Waals surface area contributed by atoms with Gasteiger partial charge in [-0.3, -0.25) is 9.78 Å². The summed E-state index contributed by atoms with van der Waals surface area (Å²) in [5.74, 6) is -0.265. The predicted molar refractivity (Wildman–Crippen MR) is 53.3 cm³/mol. The van der Waals surface area contributed by atoms with Gasteiger partial charge in [-0.25, -0.2) is 4.98 Å². The van der Waals surface area contributed by atoms with E-state index in [4.69, 9.17) is 4.74 Å². The van der Waals surface area contributed by atoms with Crippen LogP contribution in [0.25, 0.3) is 11.3 Å². The molecule has 0 aromatic carbocycles. The first-order valence-corrected chi connectivity index (χ1v) is 4.73. The third-order valence-corrected chi connectivity index (χ3v) is 2.07. The Morgan fingerprint density at radius 3 is 3.20 bits per heavy atom. The molecule has 5 nitrogen and oxygen atoms in total. The van der Waals surface area contributed by atoms with Crippen molar-refractivity contribution in [3.05, 3.63) is 24.4 Å². The van der Waals surface area contributed by atoms with Crippen molar-refractivity contribution in [1.82, 2.24) is 15.0 Å². The lowest BCUT2D eigenvalue weighted by molar-refractivity contribution is -0.142. The number of aromatic amines is 1. The van der Waals surface area contributed by atoms with Crippen LogP contribution < -0.4 is 0 Å². The van der Waals surface area contributed by atoms with E-state index in [0.717, 1.165) is 11.3 Å². The number of fused-ring (bicyclic) bond motifs is 1. The summed E-state index contributed by atoms with van der Waals surface area (Å²) in [4.78, 5) is 22.3. The van der Waals surface area contributed by atoms with Gasteiger partial charge < -0.3 is 9.72 Å². The van der Waals surface area contributed by atoms with E-state index in [0.29, 0.717) is 12.3 Å². The Bertz CT molecular complexity index is 438. The molecule has 78 valence electrons. The van der Waals surface area contributed by atoms with Crippen molar-refractivity contribution in [3.63, 3.8) is 0 Å². The summed E-state index contributed by atoms with van der Waals surface area (Å²) >= 11 is 0. The minimum absolute atomic E-state index is 0.185. The van der Waals surface area contributed by atoms with Crippen molar-refractivity contribution < 1.29 is 9.53 Å². The van der Waals surface area contributed by atoms with Gasteiger partial charge >= 0.3 is 5.97 Å². The number of nitrogens with one attached hydrogen (secondary N) is 1. The van der Waals surface area contributed by atoms with Crippen LogP contribution in [0.2, 0.25) is 0 Å². The highest BCUT2D eigenvalue weighted by molar-refractivity contribution is 5.75. The summed E-state index contributed by atoms with van der Waals surface area (Å²) in [6.45, 7) is 2.17. The summed E-state index contributed by atoms with van der Waals surface area (Å²) in [6, 6.07) is 0. The van der Waals surface area contributed by atoms with E-state index in [1.165, 1.54) is 0 Å². The number of hydrogen-bond acceptors (Lipinski definition) is 4. The molecule has 2 aliphatic rings. The Morgan fingerprint density at radius 2 is 2.40 bits per heavy atom. The molecule has 0 saturated heterocycles. The summed E-state index contributed by atoms with van der Waals surface area (Å²) < 4.78 is 4.86. The minimum atomic E-state index is -0.265. The lowest BCUT2D eigenvalue weighted by Gasteiger charge is -2.05. The monoisotopic (exact) mass is 205 g/mol. The molecule has 1 N–H and O–H groups in total. The quantitative estimate of drug-likeness (QED) is 0.759. The highest BCUT2D eigenvalue weighted by Gasteiger charge is 2.13.